The minimum atomic E-state index is -1.14. The van der Waals surface area contributed by atoms with Crippen molar-refractivity contribution in [1.82, 2.24) is 0 Å². The van der Waals surface area contributed by atoms with Gasteiger partial charge in [0.2, 0.25) is 6.54 Å². The van der Waals surface area contributed by atoms with Crippen LogP contribution < -0.4 is 4.57 Å². The van der Waals surface area contributed by atoms with Crippen molar-refractivity contribution in [2.45, 2.75) is 56.5 Å². The van der Waals surface area contributed by atoms with E-state index >= 15 is 0 Å². The summed E-state index contributed by atoms with van der Waals surface area (Å²) in [4.78, 5) is 12.2. The monoisotopic (exact) mass is 338 g/mol. The zero-order valence-corrected chi connectivity index (χ0v) is 13.5. The Morgan fingerprint density at radius 3 is 2.62 bits per heavy atom. The smallest absolute Gasteiger partial charge is 0.206 e. The SMILES string of the molecule is O=C(CCC1OC2OCCCOC1C(O)C2O)C[n+]1ccccc1. The van der Waals surface area contributed by atoms with Crippen LogP contribution >= 0.6 is 0 Å². The molecule has 0 saturated carbocycles. The standard InChI is InChI=1S/C17H24NO6/c19-12(11-18-7-2-1-3-8-18)5-6-13-16-14(20)15(21)17(24-13)23-10-4-9-22-16/h1-3,7-8,13-17,20-21H,4-6,9-11H2/q+1. The first-order valence-electron chi connectivity index (χ1n) is 8.36. The van der Waals surface area contributed by atoms with Gasteiger partial charge in [0.15, 0.2) is 24.5 Å². The Kier molecular flexibility index (Phi) is 5.91. The van der Waals surface area contributed by atoms with E-state index in [1.165, 1.54) is 0 Å². The molecular formula is C17H24NO6+. The van der Waals surface area contributed by atoms with E-state index in [1.54, 1.807) is 0 Å². The Hall–Kier alpha value is -1.38. The summed E-state index contributed by atoms with van der Waals surface area (Å²) in [5, 5.41) is 20.3. The number of nitrogens with zero attached hydrogens (tertiary/aromatic N) is 1. The van der Waals surface area contributed by atoms with E-state index < -0.39 is 30.7 Å². The van der Waals surface area contributed by atoms with Crippen LogP contribution in [-0.2, 0) is 25.5 Å². The molecule has 4 rings (SSSR count). The van der Waals surface area contributed by atoms with Crippen LogP contribution in [0.15, 0.2) is 30.6 Å². The third-order valence-corrected chi connectivity index (χ3v) is 4.37. The van der Waals surface area contributed by atoms with E-state index in [9.17, 15) is 15.0 Å². The minimum Gasteiger partial charge on any atom is -0.387 e. The van der Waals surface area contributed by atoms with Crippen LogP contribution in [0.25, 0.3) is 0 Å². The van der Waals surface area contributed by atoms with Crippen LogP contribution in [-0.4, -0.2) is 59.9 Å². The second-order valence-corrected chi connectivity index (χ2v) is 6.21. The quantitative estimate of drug-likeness (QED) is 0.709. The summed E-state index contributed by atoms with van der Waals surface area (Å²) in [5.74, 6) is 0.0708. The highest BCUT2D eigenvalue weighted by molar-refractivity contribution is 5.76. The molecule has 1 aromatic rings. The van der Waals surface area contributed by atoms with Gasteiger partial charge in [0.1, 0.15) is 18.3 Å². The van der Waals surface area contributed by atoms with Crippen molar-refractivity contribution < 1.29 is 33.8 Å². The number of pyridine rings is 1. The van der Waals surface area contributed by atoms with Crippen molar-refractivity contribution >= 4 is 5.78 Å². The first kappa shape index (κ1) is 17.4. The Balaban J connectivity index is 1.58. The van der Waals surface area contributed by atoms with Crippen molar-refractivity contribution in [2.24, 2.45) is 0 Å². The molecule has 0 aromatic carbocycles. The molecule has 3 saturated heterocycles. The Morgan fingerprint density at radius 1 is 1.08 bits per heavy atom. The molecule has 5 unspecified atom stereocenters. The molecule has 2 N–H and O–H groups in total. The van der Waals surface area contributed by atoms with Crippen LogP contribution in [0.4, 0.5) is 0 Å². The van der Waals surface area contributed by atoms with Gasteiger partial charge in [-0.1, -0.05) is 6.07 Å². The highest BCUT2D eigenvalue weighted by Crippen LogP contribution is 2.28. The second-order valence-electron chi connectivity index (χ2n) is 6.21. The number of Topliss-reactive ketones (excluding diaryl/α,β-unsaturated/α-hetero) is 1. The van der Waals surface area contributed by atoms with Gasteiger partial charge in [0, 0.05) is 25.2 Å². The van der Waals surface area contributed by atoms with Gasteiger partial charge in [-0.15, -0.1) is 0 Å². The van der Waals surface area contributed by atoms with Gasteiger partial charge in [-0.2, -0.15) is 4.57 Å². The zero-order valence-electron chi connectivity index (χ0n) is 13.5. The van der Waals surface area contributed by atoms with E-state index in [0.29, 0.717) is 39.0 Å². The van der Waals surface area contributed by atoms with Crippen LogP contribution in [0.5, 0.6) is 0 Å². The summed E-state index contributed by atoms with van der Waals surface area (Å²) in [7, 11) is 0. The van der Waals surface area contributed by atoms with Gasteiger partial charge < -0.3 is 24.4 Å². The van der Waals surface area contributed by atoms with Gasteiger partial charge >= 0.3 is 0 Å². The molecule has 5 atom stereocenters. The van der Waals surface area contributed by atoms with Crippen LogP contribution in [0, 0.1) is 0 Å². The zero-order chi connectivity index (χ0) is 16.9. The van der Waals surface area contributed by atoms with E-state index in [1.807, 2.05) is 35.2 Å². The number of aliphatic hydroxyl groups is 2. The summed E-state index contributed by atoms with van der Waals surface area (Å²) >= 11 is 0. The Bertz CT molecular complexity index is 537. The number of carbonyl (C=O) groups excluding carboxylic acids is 1. The lowest BCUT2D eigenvalue weighted by Crippen LogP contribution is -2.58. The first-order valence-corrected chi connectivity index (χ1v) is 8.36. The van der Waals surface area contributed by atoms with Crippen molar-refractivity contribution in [3.05, 3.63) is 30.6 Å². The Morgan fingerprint density at radius 2 is 1.83 bits per heavy atom. The summed E-state index contributed by atoms with van der Waals surface area (Å²) in [6.07, 6.45) is 0.869. The molecule has 7 nitrogen and oxygen atoms in total. The molecular weight excluding hydrogens is 314 g/mol. The van der Waals surface area contributed by atoms with Gasteiger partial charge in [0.25, 0.3) is 0 Å². The van der Waals surface area contributed by atoms with Gasteiger partial charge in [0.05, 0.1) is 12.7 Å². The second kappa shape index (κ2) is 8.13. The maximum Gasteiger partial charge on any atom is 0.206 e. The average Bonchev–Trinajstić information content (AvgIpc) is 2.73. The normalized spacial score (nSPS) is 33.5. The fourth-order valence-electron chi connectivity index (χ4n) is 3.09. The topological polar surface area (TPSA) is 89.1 Å². The molecule has 0 amide bonds. The fourth-order valence-corrected chi connectivity index (χ4v) is 3.09. The number of hydrogen-bond donors (Lipinski definition) is 2. The van der Waals surface area contributed by atoms with E-state index in [-0.39, 0.29) is 5.78 Å². The van der Waals surface area contributed by atoms with Crippen LogP contribution in [0.1, 0.15) is 19.3 Å². The molecule has 0 aliphatic carbocycles. The third-order valence-electron chi connectivity index (χ3n) is 4.37. The lowest BCUT2D eigenvalue weighted by Gasteiger charge is -2.41. The van der Waals surface area contributed by atoms with Gasteiger partial charge in [-0.3, -0.25) is 4.79 Å². The highest BCUT2D eigenvalue weighted by atomic mass is 16.7. The molecule has 3 aliphatic rings. The summed E-state index contributed by atoms with van der Waals surface area (Å²) in [6, 6.07) is 5.64. The number of rotatable bonds is 5. The minimum absolute atomic E-state index is 0.0708. The summed E-state index contributed by atoms with van der Waals surface area (Å²) < 4.78 is 18.7. The molecule has 3 fully saturated rings. The van der Waals surface area contributed by atoms with Crippen molar-refractivity contribution in [3.8, 4) is 0 Å². The van der Waals surface area contributed by atoms with E-state index in [0.717, 1.165) is 0 Å². The van der Waals surface area contributed by atoms with Gasteiger partial charge in [-0.25, -0.2) is 0 Å². The molecule has 3 aliphatic heterocycles. The van der Waals surface area contributed by atoms with Crippen LogP contribution in [0.3, 0.4) is 0 Å². The number of ketones is 1. The first-order chi connectivity index (χ1) is 11.6. The molecule has 0 radical (unpaired) electrons. The number of hydrogen-bond acceptors (Lipinski definition) is 6. The van der Waals surface area contributed by atoms with Crippen molar-refractivity contribution in [2.75, 3.05) is 13.2 Å². The maximum absolute atomic E-state index is 12.2. The largest absolute Gasteiger partial charge is 0.387 e. The van der Waals surface area contributed by atoms with Gasteiger partial charge in [-0.05, 0) is 12.8 Å². The number of aromatic nitrogens is 1. The average molecular weight is 338 g/mol. The lowest BCUT2D eigenvalue weighted by atomic mass is 9.95. The molecule has 1 aromatic heterocycles. The molecule has 132 valence electrons. The fraction of sp³-hybridized carbons (Fsp3) is 0.647. The Labute approximate surface area is 140 Å². The maximum atomic E-state index is 12.2. The summed E-state index contributed by atoms with van der Waals surface area (Å²) in [5.41, 5.74) is 0. The predicted molar refractivity (Wildman–Crippen MR) is 81.9 cm³/mol. The van der Waals surface area contributed by atoms with Crippen molar-refractivity contribution in [3.63, 3.8) is 0 Å². The number of carbonyl (C=O) groups is 1. The predicted octanol–water partition coefficient (Wildman–Crippen LogP) is -0.424. The van der Waals surface area contributed by atoms with E-state index in [2.05, 4.69) is 0 Å². The number of aliphatic hydroxyl groups excluding tert-OH is 2. The van der Waals surface area contributed by atoms with Crippen LogP contribution in [0.2, 0.25) is 0 Å². The number of fused-ring (bicyclic) bond motifs is 6. The molecule has 0 spiro atoms. The molecule has 24 heavy (non-hydrogen) atoms. The number of ether oxygens (including phenoxy) is 3. The molecule has 4 heterocycles. The lowest BCUT2D eigenvalue weighted by molar-refractivity contribution is -0.684. The summed E-state index contributed by atoms with van der Waals surface area (Å²) in [6.45, 7) is 1.12. The third kappa shape index (κ3) is 4.17. The van der Waals surface area contributed by atoms with Crippen molar-refractivity contribution in [1.29, 1.82) is 0 Å². The molecule has 2 bridgehead atoms. The highest BCUT2D eigenvalue weighted by Gasteiger charge is 2.46. The van der Waals surface area contributed by atoms with E-state index in [4.69, 9.17) is 14.2 Å². The molecule has 7 heteroatoms.